The molecule has 2 amide bonds. The second-order valence-electron chi connectivity index (χ2n) is 4.83. The predicted octanol–water partition coefficient (Wildman–Crippen LogP) is 1.70. The fourth-order valence-corrected chi connectivity index (χ4v) is 2.15. The van der Waals surface area contributed by atoms with Gasteiger partial charge >= 0.3 is 5.97 Å². The summed E-state index contributed by atoms with van der Waals surface area (Å²) < 4.78 is 5.25. The number of hydrogen-bond donors (Lipinski definition) is 3. The maximum absolute atomic E-state index is 12.1. The van der Waals surface area contributed by atoms with Crippen molar-refractivity contribution in [1.82, 2.24) is 10.6 Å². The number of rotatable bonds is 9. The minimum absolute atomic E-state index is 0.00676. The van der Waals surface area contributed by atoms with E-state index in [1.54, 1.807) is 6.92 Å². The van der Waals surface area contributed by atoms with E-state index in [0.29, 0.717) is 6.61 Å². The first kappa shape index (κ1) is 19.4. The van der Waals surface area contributed by atoms with Gasteiger partial charge in [0.2, 0.25) is 5.91 Å². The number of carbonyl (C=O) groups is 3. The number of halogens is 1. The lowest BCUT2D eigenvalue weighted by atomic mass is 10.1. The van der Waals surface area contributed by atoms with Crippen molar-refractivity contribution in [1.29, 1.82) is 0 Å². The normalized spacial score (nSPS) is 13.0. The predicted molar refractivity (Wildman–Crippen MR) is 92.3 cm³/mol. The molecule has 1 aromatic rings. The SMILES string of the molecule is CC(OCc1ccccc1)C(NC(=O)I)C(=O)NCCC(=O)O. The largest absolute Gasteiger partial charge is 0.481 e. The third-order valence-corrected chi connectivity index (χ3v) is 3.33. The van der Waals surface area contributed by atoms with Crippen LogP contribution in [-0.4, -0.2) is 39.6 Å². The Hall–Kier alpha value is -1.68. The third kappa shape index (κ3) is 7.93. The van der Waals surface area contributed by atoms with Gasteiger partial charge < -0.3 is 20.5 Å². The van der Waals surface area contributed by atoms with Gasteiger partial charge in [-0.05, 0) is 12.5 Å². The van der Waals surface area contributed by atoms with Crippen LogP contribution in [0.25, 0.3) is 0 Å². The smallest absolute Gasteiger partial charge is 0.305 e. The van der Waals surface area contributed by atoms with E-state index in [4.69, 9.17) is 9.84 Å². The van der Waals surface area contributed by atoms with Crippen molar-refractivity contribution in [2.75, 3.05) is 6.54 Å². The third-order valence-electron chi connectivity index (χ3n) is 3.01. The van der Waals surface area contributed by atoms with Gasteiger partial charge in [0.25, 0.3) is 3.91 Å². The van der Waals surface area contributed by atoms with Crippen LogP contribution in [-0.2, 0) is 20.9 Å². The van der Waals surface area contributed by atoms with Crippen molar-refractivity contribution in [2.24, 2.45) is 0 Å². The first-order chi connectivity index (χ1) is 10.9. The molecule has 0 aromatic heterocycles. The summed E-state index contributed by atoms with van der Waals surface area (Å²) in [4.78, 5) is 33.9. The van der Waals surface area contributed by atoms with Gasteiger partial charge in [-0.25, -0.2) is 0 Å². The van der Waals surface area contributed by atoms with Crippen molar-refractivity contribution in [2.45, 2.75) is 32.1 Å². The number of hydrogen-bond acceptors (Lipinski definition) is 4. The van der Waals surface area contributed by atoms with Gasteiger partial charge in [0, 0.05) is 29.1 Å². The Morgan fingerprint density at radius 3 is 2.48 bits per heavy atom. The maximum Gasteiger partial charge on any atom is 0.305 e. The van der Waals surface area contributed by atoms with Gasteiger partial charge in [-0.15, -0.1) is 0 Å². The number of carboxylic acid groups (broad SMARTS) is 1. The Labute approximate surface area is 147 Å². The zero-order chi connectivity index (χ0) is 17.2. The highest BCUT2D eigenvalue weighted by molar-refractivity contribution is 14.1. The molecule has 0 spiro atoms. The summed E-state index contributed by atoms with van der Waals surface area (Å²) in [6.07, 6.45) is -0.755. The Morgan fingerprint density at radius 2 is 1.91 bits per heavy atom. The summed E-state index contributed by atoms with van der Waals surface area (Å²) in [7, 11) is 0. The van der Waals surface area contributed by atoms with Crippen LogP contribution in [0.3, 0.4) is 0 Å². The standard InChI is InChI=1S/C15H19IN2O5/c1-10(23-9-11-5-3-2-4-6-11)13(18-15(16)22)14(21)17-8-7-12(19)20/h2-6,10,13H,7-9H2,1H3,(H,17,21)(H,18,22)(H,19,20). The molecule has 0 saturated carbocycles. The van der Waals surface area contributed by atoms with Crippen LogP contribution < -0.4 is 10.6 Å². The van der Waals surface area contributed by atoms with Crippen molar-refractivity contribution in [3.8, 4) is 0 Å². The molecule has 0 aliphatic carbocycles. The molecule has 0 bridgehead atoms. The Balaban J connectivity index is 2.58. The molecule has 0 aliphatic rings. The second kappa shape index (κ2) is 10.2. The van der Waals surface area contributed by atoms with E-state index in [1.165, 1.54) is 22.6 Å². The van der Waals surface area contributed by atoms with Crippen LogP contribution in [0, 0.1) is 0 Å². The van der Waals surface area contributed by atoms with E-state index in [1.807, 2.05) is 30.3 Å². The summed E-state index contributed by atoms with van der Waals surface area (Å²) in [5.74, 6) is -1.48. The maximum atomic E-state index is 12.1. The van der Waals surface area contributed by atoms with Crippen LogP contribution in [0.4, 0.5) is 4.79 Å². The molecule has 8 heteroatoms. The molecular weight excluding hydrogens is 415 g/mol. The molecule has 0 heterocycles. The summed E-state index contributed by atoms with van der Waals surface area (Å²) in [5, 5.41) is 13.6. The molecule has 126 valence electrons. The number of ether oxygens (including phenoxy) is 1. The minimum Gasteiger partial charge on any atom is -0.481 e. The number of aliphatic carboxylic acids is 1. The summed E-state index contributed by atoms with van der Waals surface area (Å²) >= 11 is 1.53. The van der Waals surface area contributed by atoms with Crippen LogP contribution in [0.2, 0.25) is 0 Å². The van der Waals surface area contributed by atoms with E-state index in [9.17, 15) is 14.4 Å². The molecule has 1 aromatic carbocycles. The quantitative estimate of drug-likeness (QED) is 0.312. The van der Waals surface area contributed by atoms with E-state index < -0.39 is 27.9 Å². The number of amides is 2. The van der Waals surface area contributed by atoms with Crippen LogP contribution >= 0.6 is 22.6 Å². The van der Waals surface area contributed by atoms with Gasteiger partial charge in [-0.2, -0.15) is 0 Å². The van der Waals surface area contributed by atoms with Gasteiger partial charge in [0.1, 0.15) is 6.04 Å². The molecule has 0 saturated heterocycles. The first-order valence-electron chi connectivity index (χ1n) is 7.01. The highest BCUT2D eigenvalue weighted by atomic mass is 127. The van der Waals surface area contributed by atoms with Crippen molar-refractivity contribution in [3.63, 3.8) is 0 Å². The Bertz CT molecular complexity index is 538. The van der Waals surface area contributed by atoms with Crippen molar-refractivity contribution >= 4 is 38.4 Å². The Morgan fingerprint density at radius 1 is 1.26 bits per heavy atom. The first-order valence-corrected chi connectivity index (χ1v) is 8.09. The zero-order valence-electron chi connectivity index (χ0n) is 12.6. The number of nitrogens with one attached hydrogen (secondary N) is 2. The average Bonchev–Trinajstić information content (AvgIpc) is 2.50. The van der Waals surface area contributed by atoms with Gasteiger partial charge in [-0.3, -0.25) is 14.4 Å². The van der Waals surface area contributed by atoms with Gasteiger partial charge in [0.05, 0.1) is 19.1 Å². The fraction of sp³-hybridized carbons (Fsp3) is 0.400. The molecule has 0 aliphatic heterocycles. The molecule has 23 heavy (non-hydrogen) atoms. The second-order valence-corrected chi connectivity index (χ2v) is 5.81. The number of carboxylic acids is 1. The van der Waals surface area contributed by atoms with Crippen LogP contribution in [0.1, 0.15) is 18.9 Å². The lowest BCUT2D eigenvalue weighted by Gasteiger charge is -2.23. The Kier molecular flexibility index (Phi) is 8.56. The highest BCUT2D eigenvalue weighted by Crippen LogP contribution is 2.07. The molecule has 3 N–H and O–H groups in total. The molecular formula is C15H19IN2O5. The number of benzene rings is 1. The lowest BCUT2D eigenvalue weighted by molar-refractivity contribution is -0.137. The van der Waals surface area contributed by atoms with E-state index in [0.717, 1.165) is 5.56 Å². The highest BCUT2D eigenvalue weighted by Gasteiger charge is 2.27. The average molecular weight is 434 g/mol. The van der Waals surface area contributed by atoms with Crippen LogP contribution in [0.15, 0.2) is 30.3 Å². The summed E-state index contributed by atoms with van der Waals surface area (Å²) in [5.41, 5.74) is 0.949. The molecule has 2 atom stereocenters. The molecule has 0 radical (unpaired) electrons. The van der Waals surface area contributed by atoms with E-state index in [2.05, 4.69) is 10.6 Å². The topological polar surface area (TPSA) is 105 Å². The minimum atomic E-state index is -1.01. The zero-order valence-corrected chi connectivity index (χ0v) is 14.8. The number of carbonyl (C=O) groups excluding carboxylic acids is 2. The van der Waals surface area contributed by atoms with Gasteiger partial charge in [-0.1, -0.05) is 30.3 Å². The molecule has 1 rings (SSSR count). The van der Waals surface area contributed by atoms with E-state index in [-0.39, 0.29) is 13.0 Å². The summed E-state index contributed by atoms with van der Waals surface area (Å²) in [6, 6.07) is 8.55. The van der Waals surface area contributed by atoms with Gasteiger partial charge in [0.15, 0.2) is 0 Å². The van der Waals surface area contributed by atoms with Crippen molar-refractivity contribution in [3.05, 3.63) is 35.9 Å². The lowest BCUT2D eigenvalue weighted by Crippen LogP contribution is -2.52. The molecule has 2 unspecified atom stereocenters. The molecule has 0 fully saturated rings. The van der Waals surface area contributed by atoms with E-state index >= 15 is 0 Å². The fourth-order valence-electron chi connectivity index (χ4n) is 1.82. The molecule has 7 nitrogen and oxygen atoms in total. The monoisotopic (exact) mass is 434 g/mol. The summed E-state index contributed by atoms with van der Waals surface area (Å²) in [6.45, 7) is 1.97. The van der Waals surface area contributed by atoms with Crippen LogP contribution in [0.5, 0.6) is 0 Å². The van der Waals surface area contributed by atoms with Crippen molar-refractivity contribution < 1.29 is 24.2 Å².